The molecule has 1 N–H and O–H groups in total. The predicted octanol–water partition coefficient (Wildman–Crippen LogP) is 2.56. The minimum atomic E-state index is 1.06. The predicted molar refractivity (Wildman–Crippen MR) is 73.9 cm³/mol. The molecule has 0 atom stereocenters. The molecule has 3 heteroatoms. The lowest BCUT2D eigenvalue weighted by atomic mass is 9.96. The Labute approximate surface area is 108 Å². The minimum Gasteiger partial charge on any atom is -0.385 e. The van der Waals surface area contributed by atoms with Crippen molar-refractivity contribution < 1.29 is 0 Å². The van der Waals surface area contributed by atoms with Crippen LogP contribution in [0.15, 0.2) is 30.6 Å². The fourth-order valence-electron chi connectivity index (χ4n) is 2.67. The highest BCUT2D eigenvalue weighted by atomic mass is 15.2. The lowest BCUT2D eigenvalue weighted by Crippen LogP contribution is -2.13. The molecular formula is C15H19N3. The van der Waals surface area contributed by atoms with Crippen molar-refractivity contribution in [2.45, 2.75) is 25.7 Å². The highest BCUT2D eigenvalue weighted by Crippen LogP contribution is 2.26. The third kappa shape index (κ3) is 2.26. The van der Waals surface area contributed by atoms with Crippen molar-refractivity contribution in [1.82, 2.24) is 9.78 Å². The molecule has 0 spiro atoms. The first-order valence-electron chi connectivity index (χ1n) is 6.65. The van der Waals surface area contributed by atoms with Gasteiger partial charge in [-0.1, -0.05) is 18.2 Å². The molecule has 3 nitrogen and oxygen atoms in total. The summed E-state index contributed by atoms with van der Waals surface area (Å²) in [6.45, 7) is 1.11. The van der Waals surface area contributed by atoms with Crippen molar-refractivity contribution in [3.8, 4) is 0 Å². The Balaban J connectivity index is 1.76. The van der Waals surface area contributed by atoms with Gasteiger partial charge in [-0.3, -0.25) is 4.68 Å². The third-order valence-corrected chi connectivity index (χ3v) is 3.60. The van der Waals surface area contributed by atoms with Gasteiger partial charge in [-0.15, -0.1) is 0 Å². The van der Waals surface area contributed by atoms with Crippen LogP contribution < -0.4 is 5.32 Å². The first-order chi connectivity index (χ1) is 8.83. The van der Waals surface area contributed by atoms with Crippen molar-refractivity contribution in [3.05, 3.63) is 47.3 Å². The zero-order valence-electron chi connectivity index (χ0n) is 10.8. The fraction of sp³-hybridized carbons (Fsp3) is 0.400. The molecule has 0 unspecified atom stereocenters. The molecule has 2 heterocycles. The van der Waals surface area contributed by atoms with Crippen LogP contribution in [0.2, 0.25) is 0 Å². The van der Waals surface area contributed by atoms with Crippen LogP contribution in [0.4, 0.5) is 5.69 Å². The fourth-order valence-corrected chi connectivity index (χ4v) is 2.67. The van der Waals surface area contributed by atoms with E-state index in [0.717, 1.165) is 19.4 Å². The number of anilines is 1. The molecule has 0 saturated heterocycles. The topological polar surface area (TPSA) is 29.9 Å². The first kappa shape index (κ1) is 11.3. The van der Waals surface area contributed by atoms with Gasteiger partial charge in [-0.25, -0.2) is 0 Å². The van der Waals surface area contributed by atoms with E-state index in [9.17, 15) is 0 Å². The summed E-state index contributed by atoms with van der Waals surface area (Å²) in [7, 11) is 1.97. The molecule has 0 bridgehead atoms. The molecule has 1 aromatic carbocycles. The Morgan fingerprint density at radius 3 is 3.11 bits per heavy atom. The van der Waals surface area contributed by atoms with Crippen molar-refractivity contribution in [1.29, 1.82) is 0 Å². The Morgan fingerprint density at radius 1 is 1.33 bits per heavy atom. The van der Waals surface area contributed by atoms with E-state index >= 15 is 0 Å². The molecule has 1 aliphatic rings. The summed E-state index contributed by atoms with van der Waals surface area (Å²) in [6, 6.07) is 6.67. The molecular weight excluding hydrogens is 222 g/mol. The zero-order valence-corrected chi connectivity index (χ0v) is 10.8. The van der Waals surface area contributed by atoms with E-state index in [1.807, 2.05) is 17.9 Å². The maximum absolute atomic E-state index is 4.22. The number of aromatic nitrogens is 2. The highest BCUT2D eigenvalue weighted by molar-refractivity contribution is 5.59. The van der Waals surface area contributed by atoms with E-state index in [4.69, 9.17) is 0 Å². The summed E-state index contributed by atoms with van der Waals surface area (Å²) < 4.78 is 1.87. The highest BCUT2D eigenvalue weighted by Gasteiger charge is 2.12. The summed E-state index contributed by atoms with van der Waals surface area (Å²) in [5, 5.41) is 7.77. The lowest BCUT2D eigenvalue weighted by Gasteiger charge is -2.21. The third-order valence-electron chi connectivity index (χ3n) is 3.60. The van der Waals surface area contributed by atoms with E-state index in [2.05, 4.69) is 34.8 Å². The normalized spacial score (nSPS) is 14.1. The summed E-state index contributed by atoms with van der Waals surface area (Å²) in [6.07, 6.45) is 8.67. The molecule has 0 saturated carbocycles. The van der Waals surface area contributed by atoms with Crippen molar-refractivity contribution in [2.24, 2.45) is 7.05 Å². The van der Waals surface area contributed by atoms with E-state index < -0.39 is 0 Å². The quantitative estimate of drug-likeness (QED) is 0.895. The van der Waals surface area contributed by atoms with Crippen LogP contribution in [-0.2, 0) is 26.3 Å². The number of hydrogen-bond acceptors (Lipinski definition) is 2. The largest absolute Gasteiger partial charge is 0.385 e. The molecule has 0 fully saturated rings. The number of aryl methyl sites for hydroxylation is 4. The summed E-state index contributed by atoms with van der Waals surface area (Å²) in [4.78, 5) is 0. The van der Waals surface area contributed by atoms with Crippen LogP contribution in [0.25, 0.3) is 0 Å². The van der Waals surface area contributed by atoms with Crippen LogP contribution in [-0.4, -0.2) is 16.3 Å². The monoisotopic (exact) mass is 241 g/mol. The van der Waals surface area contributed by atoms with E-state index in [0.29, 0.717) is 0 Å². The Hall–Kier alpha value is -1.77. The number of hydrogen-bond donors (Lipinski definition) is 1. The molecule has 0 radical (unpaired) electrons. The molecule has 1 aliphatic heterocycles. The van der Waals surface area contributed by atoms with E-state index in [-0.39, 0.29) is 0 Å². The molecule has 3 rings (SSSR count). The average molecular weight is 241 g/mol. The molecule has 0 amide bonds. The van der Waals surface area contributed by atoms with Crippen LogP contribution in [0.5, 0.6) is 0 Å². The number of fused-ring (bicyclic) bond motifs is 1. The Kier molecular flexibility index (Phi) is 3.05. The Morgan fingerprint density at radius 2 is 2.28 bits per heavy atom. The van der Waals surface area contributed by atoms with Gasteiger partial charge in [0.05, 0.1) is 6.20 Å². The average Bonchev–Trinajstić information content (AvgIpc) is 2.82. The minimum absolute atomic E-state index is 1.06. The second-order valence-electron chi connectivity index (χ2n) is 5.00. The van der Waals surface area contributed by atoms with Gasteiger partial charge in [-0.2, -0.15) is 5.10 Å². The van der Waals surface area contributed by atoms with Crippen molar-refractivity contribution >= 4 is 5.69 Å². The molecule has 94 valence electrons. The second kappa shape index (κ2) is 4.84. The molecule has 1 aromatic heterocycles. The molecule has 18 heavy (non-hydrogen) atoms. The Bertz CT molecular complexity index is 542. The second-order valence-corrected chi connectivity index (χ2v) is 5.00. The maximum Gasteiger partial charge on any atom is 0.0521 e. The van der Waals surface area contributed by atoms with Crippen molar-refractivity contribution in [3.63, 3.8) is 0 Å². The smallest absolute Gasteiger partial charge is 0.0521 e. The summed E-state index contributed by atoms with van der Waals surface area (Å²) >= 11 is 0. The van der Waals surface area contributed by atoms with Gasteiger partial charge in [0.1, 0.15) is 0 Å². The number of para-hydroxylation sites is 1. The summed E-state index contributed by atoms with van der Waals surface area (Å²) in [5.74, 6) is 0. The van der Waals surface area contributed by atoms with E-state index in [1.54, 1.807) is 0 Å². The zero-order chi connectivity index (χ0) is 12.4. The van der Waals surface area contributed by atoms with Gasteiger partial charge in [0.25, 0.3) is 0 Å². The van der Waals surface area contributed by atoms with Gasteiger partial charge in [0, 0.05) is 25.5 Å². The van der Waals surface area contributed by atoms with Gasteiger partial charge >= 0.3 is 0 Å². The number of rotatable bonds is 3. The van der Waals surface area contributed by atoms with E-state index in [1.165, 1.54) is 35.2 Å². The van der Waals surface area contributed by atoms with Gasteiger partial charge in [-0.05, 0) is 42.4 Å². The van der Waals surface area contributed by atoms with Crippen molar-refractivity contribution in [2.75, 3.05) is 11.9 Å². The first-order valence-corrected chi connectivity index (χ1v) is 6.65. The van der Waals surface area contributed by atoms with Crippen LogP contribution in [0.1, 0.15) is 23.1 Å². The summed E-state index contributed by atoms with van der Waals surface area (Å²) in [5.41, 5.74) is 5.61. The SMILES string of the molecule is Cn1cc(CCc2cccc3c2NCCC3)cn1. The number of nitrogens with one attached hydrogen (secondary N) is 1. The molecule has 0 aliphatic carbocycles. The van der Waals surface area contributed by atoms with Crippen LogP contribution in [0, 0.1) is 0 Å². The van der Waals surface area contributed by atoms with Crippen LogP contribution >= 0.6 is 0 Å². The molecule has 2 aromatic rings. The van der Waals surface area contributed by atoms with Gasteiger partial charge < -0.3 is 5.32 Å². The number of nitrogens with zero attached hydrogens (tertiary/aromatic N) is 2. The maximum atomic E-state index is 4.22. The lowest BCUT2D eigenvalue weighted by molar-refractivity contribution is 0.766. The van der Waals surface area contributed by atoms with Gasteiger partial charge in [0.2, 0.25) is 0 Å². The van der Waals surface area contributed by atoms with Crippen LogP contribution in [0.3, 0.4) is 0 Å². The number of benzene rings is 1. The standard InChI is InChI=1S/C15H19N3/c1-18-11-12(10-17-18)7-8-14-5-2-4-13-6-3-9-16-15(13)14/h2,4-5,10-11,16H,3,6-9H2,1H3. The van der Waals surface area contributed by atoms with Gasteiger partial charge in [0.15, 0.2) is 0 Å².